The number of anilines is 3. The van der Waals surface area contributed by atoms with Gasteiger partial charge in [0.1, 0.15) is 24.2 Å². The van der Waals surface area contributed by atoms with Gasteiger partial charge in [0.2, 0.25) is 0 Å². The summed E-state index contributed by atoms with van der Waals surface area (Å²) in [5, 5.41) is 18.6. The molecule has 10 nitrogen and oxygen atoms in total. The number of fused-ring (bicyclic) bond motifs is 1. The summed E-state index contributed by atoms with van der Waals surface area (Å²) in [7, 11) is -2.25. The molecule has 15 heteroatoms. The first kappa shape index (κ1) is 26.6. The molecular formula is C21H17F3N4O6S2. The number of benzene rings is 2. The minimum atomic E-state index is -5.08. The number of carbonyl (C=O) groups is 1. The number of carboxylic acids is 1. The van der Waals surface area contributed by atoms with E-state index in [4.69, 9.17) is 19.4 Å². The summed E-state index contributed by atoms with van der Waals surface area (Å²) in [6.45, 7) is 0.880. The van der Waals surface area contributed by atoms with E-state index >= 15 is 0 Å². The molecule has 4 rings (SSSR count). The quantitative estimate of drug-likeness (QED) is 0.489. The molecule has 1 aromatic heterocycles. The van der Waals surface area contributed by atoms with Crippen LogP contribution in [0.4, 0.5) is 29.7 Å². The molecule has 0 unspecified atom stereocenters. The number of nitrogens with zero attached hydrogens (tertiary/aromatic N) is 3. The number of hydrogen-bond donors (Lipinski definition) is 2. The Morgan fingerprint density at radius 2 is 1.97 bits per heavy atom. The molecular weight excluding hydrogens is 525 g/mol. The number of aliphatic carboxylic acids is 1. The van der Waals surface area contributed by atoms with Crippen LogP contribution in [0.2, 0.25) is 0 Å². The molecule has 0 saturated heterocycles. The molecule has 0 aliphatic carbocycles. The molecule has 1 aliphatic rings. The van der Waals surface area contributed by atoms with Gasteiger partial charge in [0.15, 0.2) is 5.13 Å². The molecule has 1 aliphatic heterocycles. The number of nitriles is 1. The van der Waals surface area contributed by atoms with Crippen molar-refractivity contribution in [3.05, 3.63) is 53.5 Å². The second-order valence-corrected chi connectivity index (χ2v) is 9.45. The van der Waals surface area contributed by atoms with Gasteiger partial charge in [-0.25, -0.2) is 18.2 Å². The minimum Gasteiger partial charge on any atom is -0.497 e. The molecule has 0 fully saturated rings. The zero-order valence-electron chi connectivity index (χ0n) is 18.3. The van der Waals surface area contributed by atoms with Crippen LogP contribution in [0.1, 0.15) is 5.56 Å². The van der Waals surface area contributed by atoms with E-state index < -0.39 is 22.2 Å². The SMILES string of the molecule is COc1ccc(N2CCOc3cc(S(=O)(=O)Nc4nccs4)ccc32)c(C#N)c1.O=C(O)C(F)(F)F. The standard InChI is InChI=1S/C19H16N4O4S2.C2HF3O2/c1-26-14-2-4-16(13(10-14)12-20)23-7-8-27-18-11-15(3-5-17(18)23)29(24,25)22-19-21-6-9-28-19;3-2(4,5)1(6)7/h2-6,9-11H,7-8H2,1H3,(H,21,22);(H,6,7). The number of nitrogens with one attached hydrogen (secondary N) is 1. The van der Waals surface area contributed by atoms with Crippen molar-refractivity contribution in [3.63, 3.8) is 0 Å². The van der Waals surface area contributed by atoms with E-state index in [0.29, 0.717) is 46.7 Å². The van der Waals surface area contributed by atoms with Crippen molar-refractivity contribution in [2.75, 3.05) is 29.9 Å². The third kappa shape index (κ3) is 6.15. The van der Waals surface area contributed by atoms with Crippen LogP contribution < -0.4 is 19.1 Å². The molecule has 0 spiro atoms. The zero-order chi connectivity index (χ0) is 26.5. The van der Waals surface area contributed by atoms with Crippen molar-refractivity contribution in [1.82, 2.24) is 4.98 Å². The van der Waals surface area contributed by atoms with Crippen molar-refractivity contribution in [3.8, 4) is 17.6 Å². The largest absolute Gasteiger partial charge is 0.497 e. The highest BCUT2D eigenvalue weighted by atomic mass is 32.2. The smallest absolute Gasteiger partial charge is 0.490 e. The average Bonchev–Trinajstić information content (AvgIpc) is 3.35. The highest BCUT2D eigenvalue weighted by molar-refractivity contribution is 7.93. The zero-order valence-corrected chi connectivity index (χ0v) is 19.9. The highest BCUT2D eigenvalue weighted by Gasteiger charge is 2.38. The first-order valence-electron chi connectivity index (χ1n) is 9.81. The Labute approximate surface area is 207 Å². The Bertz CT molecular complexity index is 1390. The molecule has 0 radical (unpaired) electrons. The van der Waals surface area contributed by atoms with E-state index in [1.807, 2.05) is 4.90 Å². The van der Waals surface area contributed by atoms with Gasteiger partial charge in [-0.2, -0.15) is 18.4 Å². The lowest BCUT2D eigenvalue weighted by Gasteiger charge is -2.32. The van der Waals surface area contributed by atoms with Gasteiger partial charge in [0.25, 0.3) is 10.0 Å². The van der Waals surface area contributed by atoms with E-state index in [1.165, 1.54) is 29.7 Å². The molecule has 0 bridgehead atoms. The normalized spacial score (nSPS) is 12.8. The predicted octanol–water partition coefficient (Wildman–Crippen LogP) is 3.99. The Kier molecular flexibility index (Phi) is 7.90. The van der Waals surface area contributed by atoms with Gasteiger partial charge in [0.05, 0.1) is 35.5 Å². The number of sulfonamides is 1. The number of ether oxygens (including phenoxy) is 2. The fraction of sp³-hybridized carbons (Fsp3) is 0.190. The van der Waals surface area contributed by atoms with E-state index in [0.717, 1.165) is 0 Å². The number of rotatable bonds is 5. The number of hydrogen-bond acceptors (Lipinski definition) is 9. The molecule has 0 atom stereocenters. The first-order valence-corrected chi connectivity index (χ1v) is 12.2. The molecule has 0 saturated carbocycles. The number of methoxy groups -OCH3 is 1. The molecule has 190 valence electrons. The molecule has 0 amide bonds. The van der Waals surface area contributed by atoms with Gasteiger partial charge in [-0.15, -0.1) is 11.3 Å². The first-order chi connectivity index (χ1) is 17.0. The number of halogens is 3. The summed E-state index contributed by atoms with van der Waals surface area (Å²) in [5.74, 6) is -1.74. The number of alkyl halides is 3. The fourth-order valence-corrected chi connectivity index (χ4v) is 4.84. The van der Waals surface area contributed by atoms with Gasteiger partial charge in [-0.3, -0.25) is 4.72 Å². The number of aromatic nitrogens is 1. The predicted molar refractivity (Wildman–Crippen MR) is 123 cm³/mol. The monoisotopic (exact) mass is 542 g/mol. The highest BCUT2D eigenvalue weighted by Crippen LogP contribution is 2.40. The van der Waals surface area contributed by atoms with Crippen molar-refractivity contribution in [1.29, 1.82) is 5.26 Å². The summed E-state index contributed by atoms with van der Waals surface area (Å²) < 4.78 is 70.4. The fourth-order valence-electron chi connectivity index (χ4n) is 3.03. The van der Waals surface area contributed by atoms with Crippen LogP contribution in [-0.4, -0.2) is 50.9 Å². The lowest BCUT2D eigenvalue weighted by atomic mass is 10.1. The van der Waals surface area contributed by atoms with Gasteiger partial charge >= 0.3 is 12.1 Å². The Balaban J connectivity index is 0.000000454. The topological polar surface area (TPSA) is 142 Å². The average molecular weight is 543 g/mol. The Hall–Kier alpha value is -4.03. The van der Waals surface area contributed by atoms with Crippen molar-refractivity contribution in [2.24, 2.45) is 0 Å². The lowest BCUT2D eigenvalue weighted by Crippen LogP contribution is -2.29. The maximum absolute atomic E-state index is 12.6. The van der Waals surface area contributed by atoms with Gasteiger partial charge in [-0.05, 0) is 30.3 Å². The molecule has 2 aromatic carbocycles. The molecule has 36 heavy (non-hydrogen) atoms. The van der Waals surface area contributed by atoms with Crippen LogP contribution in [0.5, 0.6) is 11.5 Å². The second kappa shape index (κ2) is 10.7. The van der Waals surface area contributed by atoms with Crippen molar-refractivity contribution >= 4 is 43.8 Å². The summed E-state index contributed by atoms with van der Waals surface area (Å²) in [4.78, 5) is 14.8. The molecule has 2 N–H and O–H groups in total. The summed E-state index contributed by atoms with van der Waals surface area (Å²) in [6.07, 6.45) is -3.56. The van der Waals surface area contributed by atoms with Crippen LogP contribution in [0.25, 0.3) is 0 Å². The van der Waals surface area contributed by atoms with Crippen molar-refractivity contribution in [2.45, 2.75) is 11.1 Å². The van der Waals surface area contributed by atoms with Crippen LogP contribution in [-0.2, 0) is 14.8 Å². The van der Waals surface area contributed by atoms with Gasteiger partial charge in [-0.1, -0.05) is 0 Å². The minimum absolute atomic E-state index is 0.0727. The summed E-state index contributed by atoms with van der Waals surface area (Å²) in [6, 6.07) is 12.1. The van der Waals surface area contributed by atoms with E-state index in [1.54, 1.807) is 36.8 Å². The van der Waals surface area contributed by atoms with E-state index in [2.05, 4.69) is 15.8 Å². The Morgan fingerprint density at radius 1 is 1.28 bits per heavy atom. The van der Waals surface area contributed by atoms with Crippen LogP contribution >= 0.6 is 11.3 Å². The molecule has 3 aromatic rings. The van der Waals surface area contributed by atoms with Gasteiger partial charge in [0, 0.05) is 17.6 Å². The van der Waals surface area contributed by atoms with Crippen LogP contribution in [0, 0.1) is 11.3 Å². The van der Waals surface area contributed by atoms with Crippen molar-refractivity contribution < 1.29 is 41.0 Å². The Morgan fingerprint density at radius 3 is 2.56 bits per heavy atom. The number of thiazole rings is 1. The third-order valence-corrected chi connectivity index (χ3v) is 6.77. The second-order valence-electron chi connectivity index (χ2n) is 6.87. The maximum Gasteiger partial charge on any atom is 0.490 e. The van der Waals surface area contributed by atoms with E-state index in [-0.39, 0.29) is 4.90 Å². The summed E-state index contributed by atoms with van der Waals surface area (Å²) in [5.41, 5.74) is 1.85. The number of carboxylic acid groups (broad SMARTS) is 1. The van der Waals surface area contributed by atoms with E-state index in [9.17, 15) is 26.9 Å². The van der Waals surface area contributed by atoms with Crippen LogP contribution in [0.15, 0.2) is 52.9 Å². The third-order valence-electron chi connectivity index (χ3n) is 4.62. The lowest BCUT2D eigenvalue weighted by molar-refractivity contribution is -0.192. The summed E-state index contributed by atoms with van der Waals surface area (Å²) >= 11 is 1.20. The maximum atomic E-state index is 12.6. The van der Waals surface area contributed by atoms with Crippen LogP contribution in [0.3, 0.4) is 0 Å². The molecule has 2 heterocycles. The van der Waals surface area contributed by atoms with Gasteiger partial charge < -0.3 is 19.5 Å².